The zero-order chi connectivity index (χ0) is 16.7. The van der Waals surface area contributed by atoms with E-state index >= 15 is 0 Å². The molecule has 124 valence electrons. The van der Waals surface area contributed by atoms with Crippen molar-refractivity contribution in [1.29, 1.82) is 0 Å². The molecule has 0 fully saturated rings. The second kappa shape index (κ2) is 8.28. The molecule has 1 aromatic heterocycles. The normalized spacial score (nSPS) is 13.3. The van der Waals surface area contributed by atoms with Crippen LogP contribution in [-0.4, -0.2) is 50.5 Å². The maximum absolute atomic E-state index is 12.4. The Morgan fingerprint density at radius 2 is 2.13 bits per heavy atom. The second-order valence-electron chi connectivity index (χ2n) is 5.59. The monoisotopic (exact) mass is 317 g/mol. The van der Waals surface area contributed by atoms with Crippen molar-refractivity contribution in [3.05, 3.63) is 48.5 Å². The molecule has 0 saturated carbocycles. The lowest BCUT2D eigenvalue weighted by molar-refractivity contribution is 0.162. The van der Waals surface area contributed by atoms with Gasteiger partial charge in [-0.2, -0.15) is 5.10 Å². The molecular weight excluding hydrogens is 294 g/mol. The zero-order valence-corrected chi connectivity index (χ0v) is 13.5. The van der Waals surface area contributed by atoms with Crippen LogP contribution in [0.2, 0.25) is 0 Å². The van der Waals surface area contributed by atoms with Crippen LogP contribution in [0.15, 0.2) is 43.0 Å². The lowest BCUT2D eigenvalue weighted by Crippen LogP contribution is -2.41. The van der Waals surface area contributed by atoms with E-state index in [0.717, 1.165) is 5.56 Å². The minimum atomic E-state index is -0.426. The van der Waals surface area contributed by atoms with Crippen LogP contribution >= 0.6 is 0 Å². The molecular formula is C16H23N5O2. The molecule has 1 aromatic carbocycles. The van der Waals surface area contributed by atoms with Crippen molar-refractivity contribution < 1.29 is 9.90 Å². The fourth-order valence-electron chi connectivity index (χ4n) is 2.18. The van der Waals surface area contributed by atoms with E-state index in [0.29, 0.717) is 19.5 Å². The first-order valence-corrected chi connectivity index (χ1v) is 7.63. The number of rotatable bonds is 7. The molecule has 0 aliphatic rings. The highest BCUT2D eigenvalue weighted by molar-refractivity contribution is 5.74. The number of carbonyl (C=O) groups is 1. The van der Waals surface area contributed by atoms with E-state index < -0.39 is 6.10 Å². The number of nitrogens with one attached hydrogen (secondary N) is 1. The van der Waals surface area contributed by atoms with E-state index in [1.807, 2.05) is 30.3 Å². The third-order valence-corrected chi connectivity index (χ3v) is 3.56. The number of aliphatic hydroxyl groups excluding tert-OH is 1. The molecule has 7 nitrogen and oxygen atoms in total. The van der Waals surface area contributed by atoms with Gasteiger partial charge in [0.25, 0.3) is 0 Å². The van der Waals surface area contributed by atoms with Gasteiger partial charge in [0, 0.05) is 13.6 Å². The molecule has 0 saturated heterocycles. The van der Waals surface area contributed by atoms with Gasteiger partial charge in [-0.25, -0.2) is 9.78 Å². The lowest BCUT2D eigenvalue weighted by Gasteiger charge is -2.24. The maximum Gasteiger partial charge on any atom is 0.317 e. The summed E-state index contributed by atoms with van der Waals surface area (Å²) >= 11 is 0. The molecule has 2 amide bonds. The van der Waals surface area contributed by atoms with Crippen LogP contribution in [0.4, 0.5) is 4.79 Å². The van der Waals surface area contributed by atoms with Crippen LogP contribution in [0.5, 0.6) is 0 Å². The van der Waals surface area contributed by atoms with Crippen molar-refractivity contribution >= 4 is 6.03 Å². The first kappa shape index (κ1) is 17.0. The van der Waals surface area contributed by atoms with Crippen LogP contribution in [0, 0.1) is 0 Å². The molecule has 0 radical (unpaired) electrons. The van der Waals surface area contributed by atoms with Crippen LogP contribution in [0.25, 0.3) is 0 Å². The quantitative estimate of drug-likeness (QED) is 0.809. The average molecular weight is 317 g/mol. The summed E-state index contributed by atoms with van der Waals surface area (Å²) in [6.45, 7) is 2.71. The summed E-state index contributed by atoms with van der Waals surface area (Å²) in [5.41, 5.74) is 1.00. The highest BCUT2D eigenvalue weighted by Gasteiger charge is 2.18. The Balaban J connectivity index is 2.04. The largest absolute Gasteiger partial charge is 0.393 e. The topological polar surface area (TPSA) is 83.3 Å². The predicted octanol–water partition coefficient (Wildman–Crippen LogP) is 1.43. The number of aliphatic hydroxyl groups is 1. The van der Waals surface area contributed by atoms with Crippen molar-refractivity contribution in [1.82, 2.24) is 25.0 Å². The number of amides is 2. The van der Waals surface area contributed by atoms with Crippen LogP contribution < -0.4 is 5.32 Å². The Morgan fingerprint density at radius 1 is 1.39 bits per heavy atom. The van der Waals surface area contributed by atoms with Crippen LogP contribution in [0.1, 0.15) is 24.9 Å². The van der Waals surface area contributed by atoms with E-state index in [1.54, 1.807) is 29.9 Å². The number of hydrogen-bond acceptors (Lipinski definition) is 4. The van der Waals surface area contributed by atoms with Crippen molar-refractivity contribution in [3.63, 3.8) is 0 Å². The van der Waals surface area contributed by atoms with Gasteiger partial charge in [0.1, 0.15) is 12.7 Å². The molecule has 2 N–H and O–H groups in total. The van der Waals surface area contributed by atoms with Gasteiger partial charge in [-0.05, 0) is 18.9 Å². The maximum atomic E-state index is 12.4. The SMILES string of the molecule is CC(O)CCN(C)C(=O)NC(Cn1cncn1)c1ccccc1. The van der Waals surface area contributed by atoms with E-state index in [1.165, 1.54) is 6.33 Å². The molecule has 0 bridgehead atoms. The summed E-state index contributed by atoms with van der Waals surface area (Å²) in [6, 6.07) is 9.36. The molecule has 0 aliphatic heterocycles. The van der Waals surface area contributed by atoms with Crippen molar-refractivity contribution in [3.8, 4) is 0 Å². The first-order chi connectivity index (χ1) is 11.1. The number of carbonyl (C=O) groups excluding carboxylic acids is 1. The third kappa shape index (κ3) is 5.37. The van der Waals surface area contributed by atoms with Gasteiger partial charge >= 0.3 is 6.03 Å². The molecule has 1 heterocycles. The fraction of sp³-hybridized carbons (Fsp3) is 0.438. The zero-order valence-electron chi connectivity index (χ0n) is 13.5. The summed E-state index contributed by atoms with van der Waals surface area (Å²) in [4.78, 5) is 17.9. The van der Waals surface area contributed by atoms with E-state index in [9.17, 15) is 9.90 Å². The third-order valence-electron chi connectivity index (χ3n) is 3.56. The van der Waals surface area contributed by atoms with Crippen molar-refractivity contribution in [2.75, 3.05) is 13.6 Å². The summed E-state index contributed by atoms with van der Waals surface area (Å²) in [5, 5.41) is 16.4. The van der Waals surface area contributed by atoms with Crippen LogP contribution in [-0.2, 0) is 6.54 Å². The van der Waals surface area contributed by atoms with Gasteiger partial charge in [0.15, 0.2) is 0 Å². The Morgan fingerprint density at radius 3 is 2.74 bits per heavy atom. The molecule has 0 spiro atoms. The number of urea groups is 1. The molecule has 2 atom stereocenters. The highest BCUT2D eigenvalue weighted by atomic mass is 16.3. The van der Waals surface area contributed by atoms with Gasteiger partial charge in [-0.3, -0.25) is 4.68 Å². The molecule has 2 aromatic rings. The Hall–Kier alpha value is -2.41. The number of aromatic nitrogens is 3. The molecule has 2 unspecified atom stereocenters. The minimum Gasteiger partial charge on any atom is -0.393 e. The molecule has 2 rings (SSSR count). The lowest BCUT2D eigenvalue weighted by atomic mass is 10.1. The number of benzene rings is 1. The molecule has 7 heteroatoms. The summed E-state index contributed by atoms with van der Waals surface area (Å²) in [5.74, 6) is 0. The first-order valence-electron chi connectivity index (χ1n) is 7.63. The minimum absolute atomic E-state index is 0.181. The van der Waals surface area contributed by atoms with Gasteiger partial charge < -0.3 is 15.3 Å². The van der Waals surface area contributed by atoms with Gasteiger partial charge in [0.05, 0.1) is 18.7 Å². The number of hydrogen-bond donors (Lipinski definition) is 2. The van der Waals surface area contributed by atoms with Gasteiger partial charge in [-0.1, -0.05) is 30.3 Å². The van der Waals surface area contributed by atoms with Gasteiger partial charge in [0.2, 0.25) is 0 Å². The van der Waals surface area contributed by atoms with Crippen molar-refractivity contribution in [2.45, 2.75) is 32.0 Å². The second-order valence-corrected chi connectivity index (χ2v) is 5.59. The summed E-state index contributed by atoms with van der Waals surface area (Å²) in [7, 11) is 1.72. The standard InChI is InChI=1S/C16H23N5O2/c1-13(22)8-9-20(2)16(23)19-15(10-21-12-17-11-18-21)14-6-4-3-5-7-14/h3-7,11-13,15,22H,8-10H2,1-2H3,(H,19,23). The van der Waals surface area contributed by atoms with E-state index in [-0.39, 0.29) is 12.1 Å². The van der Waals surface area contributed by atoms with E-state index in [4.69, 9.17) is 0 Å². The summed E-state index contributed by atoms with van der Waals surface area (Å²) < 4.78 is 1.69. The summed E-state index contributed by atoms with van der Waals surface area (Å²) in [6.07, 6.45) is 3.21. The smallest absolute Gasteiger partial charge is 0.317 e. The van der Waals surface area contributed by atoms with Gasteiger partial charge in [-0.15, -0.1) is 0 Å². The van der Waals surface area contributed by atoms with E-state index in [2.05, 4.69) is 15.4 Å². The van der Waals surface area contributed by atoms with Crippen molar-refractivity contribution in [2.24, 2.45) is 0 Å². The van der Waals surface area contributed by atoms with Crippen LogP contribution in [0.3, 0.4) is 0 Å². The Bertz CT molecular complexity index is 586. The Kier molecular flexibility index (Phi) is 6.10. The highest BCUT2D eigenvalue weighted by Crippen LogP contribution is 2.15. The molecule has 23 heavy (non-hydrogen) atoms. The fourth-order valence-corrected chi connectivity index (χ4v) is 2.18. The molecule has 0 aliphatic carbocycles. The Labute approximate surface area is 136 Å². The predicted molar refractivity (Wildman–Crippen MR) is 86.7 cm³/mol. The average Bonchev–Trinajstić information content (AvgIpc) is 3.05. The number of nitrogens with zero attached hydrogens (tertiary/aromatic N) is 4.